The van der Waals surface area contributed by atoms with Crippen LogP contribution in [0.2, 0.25) is 0 Å². The first-order valence-corrected chi connectivity index (χ1v) is 15.1. The number of rotatable bonds is 11. The number of nitrogens with one attached hydrogen (secondary N) is 2. The van der Waals surface area contributed by atoms with Crippen LogP contribution in [0.15, 0.2) is 66.7 Å². The lowest BCUT2D eigenvalue weighted by molar-refractivity contribution is -0.137. The molecule has 1 aliphatic heterocycles. The molecule has 3 aromatic carbocycles. The van der Waals surface area contributed by atoms with Crippen molar-refractivity contribution >= 4 is 35.1 Å². The van der Waals surface area contributed by atoms with E-state index in [9.17, 15) is 28.7 Å². The van der Waals surface area contributed by atoms with E-state index in [1.165, 1.54) is 24.3 Å². The van der Waals surface area contributed by atoms with Crippen molar-refractivity contribution < 1.29 is 33.4 Å². The number of anilines is 2. The Balaban J connectivity index is 1.38. The molecule has 45 heavy (non-hydrogen) atoms. The van der Waals surface area contributed by atoms with E-state index in [0.717, 1.165) is 30.5 Å². The number of hydrogen-bond acceptors (Lipinski definition) is 6. The molecule has 3 aromatic rings. The minimum atomic E-state index is -1.12. The Morgan fingerprint density at radius 1 is 0.956 bits per heavy atom. The molecule has 2 fully saturated rings. The summed E-state index contributed by atoms with van der Waals surface area (Å²) in [7, 11) is 1.57. The number of carboxylic acids is 1. The Kier molecular flexibility index (Phi) is 9.96. The third kappa shape index (κ3) is 8.37. The van der Waals surface area contributed by atoms with Gasteiger partial charge in [0.25, 0.3) is 5.91 Å². The molecular formula is C34H37FN4O6. The number of nitrogens with zero attached hydrogens (tertiary/aromatic N) is 2. The molecule has 236 valence electrons. The molecule has 1 saturated heterocycles. The Bertz CT molecular complexity index is 1540. The number of carbonyl (C=O) groups is 4. The van der Waals surface area contributed by atoms with E-state index in [1.807, 2.05) is 17.0 Å². The highest BCUT2D eigenvalue weighted by Crippen LogP contribution is 2.33. The number of benzene rings is 3. The lowest BCUT2D eigenvalue weighted by atomic mass is 10.0. The van der Waals surface area contributed by atoms with Gasteiger partial charge in [-0.25, -0.2) is 4.39 Å². The van der Waals surface area contributed by atoms with E-state index in [0.29, 0.717) is 43.2 Å². The zero-order chi connectivity index (χ0) is 31.9. The summed E-state index contributed by atoms with van der Waals surface area (Å²) in [4.78, 5) is 55.0. The first-order valence-electron chi connectivity index (χ1n) is 15.1. The SMILES string of the molecule is COc1ccc(CC(=O)Nc2cc(C(=O)NC(CC(=O)O)c3ccc(F)cc3)ccc2N2CCCN(C(=O)C3CC3)CC2)cc1. The maximum atomic E-state index is 13.5. The highest BCUT2D eigenvalue weighted by Gasteiger charge is 2.34. The van der Waals surface area contributed by atoms with E-state index in [-0.39, 0.29) is 29.7 Å². The summed E-state index contributed by atoms with van der Waals surface area (Å²) in [6.07, 6.45) is 2.34. The number of methoxy groups -OCH3 is 1. The molecule has 5 rings (SSSR count). The number of amides is 3. The monoisotopic (exact) mass is 616 g/mol. The summed E-state index contributed by atoms with van der Waals surface area (Å²) in [5.74, 6) is -1.40. The molecule has 3 N–H and O–H groups in total. The van der Waals surface area contributed by atoms with Crippen LogP contribution in [0.4, 0.5) is 15.8 Å². The number of hydrogen-bond donors (Lipinski definition) is 3. The Morgan fingerprint density at radius 2 is 1.69 bits per heavy atom. The average Bonchev–Trinajstić information content (AvgIpc) is 3.89. The Labute approximate surface area is 261 Å². The maximum Gasteiger partial charge on any atom is 0.305 e. The fourth-order valence-electron chi connectivity index (χ4n) is 5.51. The van der Waals surface area contributed by atoms with E-state index in [2.05, 4.69) is 15.5 Å². The van der Waals surface area contributed by atoms with E-state index >= 15 is 0 Å². The van der Waals surface area contributed by atoms with Crippen molar-refractivity contribution in [3.63, 3.8) is 0 Å². The van der Waals surface area contributed by atoms with E-state index < -0.39 is 30.2 Å². The zero-order valence-electron chi connectivity index (χ0n) is 25.1. The topological polar surface area (TPSA) is 128 Å². The molecule has 11 heteroatoms. The fourth-order valence-corrected chi connectivity index (χ4v) is 5.51. The van der Waals surface area contributed by atoms with Gasteiger partial charge in [0, 0.05) is 37.7 Å². The number of carbonyl (C=O) groups excluding carboxylic acids is 3. The van der Waals surface area contributed by atoms with Crippen molar-refractivity contribution in [3.05, 3.63) is 89.2 Å². The maximum absolute atomic E-state index is 13.5. The summed E-state index contributed by atoms with van der Waals surface area (Å²) in [6, 6.07) is 16.5. The lowest BCUT2D eigenvalue weighted by Crippen LogP contribution is -2.36. The predicted octanol–water partition coefficient (Wildman–Crippen LogP) is 4.41. The van der Waals surface area contributed by atoms with Gasteiger partial charge in [-0.05, 0) is 72.9 Å². The van der Waals surface area contributed by atoms with Crippen LogP contribution in [0.3, 0.4) is 0 Å². The van der Waals surface area contributed by atoms with Gasteiger partial charge < -0.3 is 30.3 Å². The quantitative estimate of drug-likeness (QED) is 0.291. The second-order valence-electron chi connectivity index (χ2n) is 11.4. The third-order valence-corrected chi connectivity index (χ3v) is 8.09. The van der Waals surface area contributed by atoms with Crippen LogP contribution in [0.25, 0.3) is 0 Å². The molecule has 0 aromatic heterocycles. The van der Waals surface area contributed by atoms with Crippen LogP contribution < -0.4 is 20.3 Å². The molecule has 0 spiro atoms. The number of carboxylic acid groups (broad SMARTS) is 1. The fraction of sp³-hybridized carbons (Fsp3) is 0.353. The van der Waals surface area contributed by atoms with Gasteiger partial charge in [0.1, 0.15) is 11.6 Å². The summed E-state index contributed by atoms with van der Waals surface area (Å²) >= 11 is 0. The zero-order valence-corrected chi connectivity index (χ0v) is 25.1. The first kappa shape index (κ1) is 31.5. The smallest absolute Gasteiger partial charge is 0.305 e. The summed E-state index contributed by atoms with van der Waals surface area (Å²) in [5.41, 5.74) is 2.60. The molecule has 10 nitrogen and oxygen atoms in total. The summed E-state index contributed by atoms with van der Waals surface area (Å²) in [6.45, 7) is 2.45. The van der Waals surface area contributed by atoms with Gasteiger partial charge in [-0.15, -0.1) is 0 Å². The largest absolute Gasteiger partial charge is 0.497 e. The molecule has 1 aliphatic carbocycles. The molecule has 0 bridgehead atoms. The first-order chi connectivity index (χ1) is 21.7. The number of halogens is 1. The normalized spacial score (nSPS) is 15.5. The van der Waals surface area contributed by atoms with E-state index in [1.54, 1.807) is 37.4 Å². The van der Waals surface area contributed by atoms with Crippen LogP contribution in [0, 0.1) is 11.7 Å². The molecule has 1 saturated carbocycles. The predicted molar refractivity (Wildman–Crippen MR) is 167 cm³/mol. The van der Waals surface area contributed by atoms with Gasteiger partial charge in [0.2, 0.25) is 11.8 Å². The number of ether oxygens (including phenoxy) is 1. The van der Waals surface area contributed by atoms with Gasteiger partial charge in [-0.2, -0.15) is 0 Å². The summed E-state index contributed by atoms with van der Waals surface area (Å²) in [5, 5.41) is 15.2. The lowest BCUT2D eigenvalue weighted by Gasteiger charge is -2.27. The standard InChI is InChI=1S/C34H37FN4O6/c1-45-27-12-3-22(4-13-27)19-31(40)36-29-20-25(33(43)37-28(21-32(41)42)23-7-10-26(35)11-8-23)9-14-30(29)38-15-2-16-39(18-17-38)34(44)24-5-6-24/h3-4,7-14,20,24,28H,2,5-6,15-19,21H2,1H3,(H,36,40)(H,37,43)(H,41,42). The number of aliphatic carboxylic acids is 1. The molecule has 1 unspecified atom stereocenters. The van der Waals surface area contributed by atoms with Crippen molar-refractivity contribution in [2.75, 3.05) is 43.5 Å². The third-order valence-electron chi connectivity index (χ3n) is 8.09. The van der Waals surface area contributed by atoms with Crippen molar-refractivity contribution in [2.24, 2.45) is 5.92 Å². The second kappa shape index (κ2) is 14.2. The second-order valence-corrected chi connectivity index (χ2v) is 11.4. The average molecular weight is 617 g/mol. The van der Waals surface area contributed by atoms with Crippen molar-refractivity contribution in [1.29, 1.82) is 0 Å². The van der Waals surface area contributed by atoms with E-state index in [4.69, 9.17) is 4.74 Å². The molecule has 3 amide bonds. The van der Waals surface area contributed by atoms with Crippen LogP contribution in [-0.2, 0) is 20.8 Å². The molecule has 1 atom stereocenters. The van der Waals surface area contributed by atoms with Gasteiger partial charge in [-0.1, -0.05) is 24.3 Å². The Hall–Kier alpha value is -4.93. The van der Waals surface area contributed by atoms with Crippen molar-refractivity contribution in [2.45, 2.75) is 38.1 Å². The molecular weight excluding hydrogens is 579 g/mol. The van der Waals surface area contributed by atoms with Gasteiger partial charge in [-0.3, -0.25) is 19.2 Å². The van der Waals surface area contributed by atoms with Crippen LogP contribution in [0.5, 0.6) is 5.75 Å². The Morgan fingerprint density at radius 3 is 2.36 bits per heavy atom. The van der Waals surface area contributed by atoms with Crippen LogP contribution >= 0.6 is 0 Å². The minimum absolute atomic E-state index is 0.0920. The highest BCUT2D eigenvalue weighted by molar-refractivity contribution is 6.00. The van der Waals surface area contributed by atoms with Gasteiger partial charge in [0.05, 0.1) is 37.4 Å². The van der Waals surface area contributed by atoms with Crippen LogP contribution in [-0.4, -0.2) is 67.0 Å². The molecule has 1 heterocycles. The van der Waals surface area contributed by atoms with Crippen molar-refractivity contribution in [3.8, 4) is 5.75 Å². The minimum Gasteiger partial charge on any atom is -0.497 e. The van der Waals surface area contributed by atoms with Crippen molar-refractivity contribution in [1.82, 2.24) is 10.2 Å². The molecule has 2 aliphatic rings. The summed E-state index contributed by atoms with van der Waals surface area (Å²) < 4.78 is 18.7. The van der Waals surface area contributed by atoms with Crippen LogP contribution in [0.1, 0.15) is 53.2 Å². The molecule has 0 radical (unpaired) electrons. The highest BCUT2D eigenvalue weighted by atomic mass is 19.1. The van der Waals surface area contributed by atoms with Gasteiger partial charge >= 0.3 is 5.97 Å². The van der Waals surface area contributed by atoms with Gasteiger partial charge in [0.15, 0.2) is 0 Å².